The molecule has 0 saturated carbocycles. The number of fused-ring (bicyclic) bond motifs is 1. The summed E-state index contributed by atoms with van der Waals surface area (Å²) in [6.07, 6.45) is 1.42. The van der Waals surface area contributed by atoms with Crippen LogP contribution in [0.5, 0.6) is 0 Å². The summed E-state index contributed by atoms with van der Waals surface area (Å²) < 4.78 is 4.83. The molecule has 0 bridgehead atoms. The molecule has 2 heterocycles. The molecule has 1 aliphatic rings. The number of aromatic nitrogens is 1. The first-order valence-electron chi connectivity index (χ1n) is 4.91. The van der Waals surface area contributed by atoms with Crippen molar-refractivity contribution in [2.75, 3.05) is 23.8 Å². The van der Waals surface area contributed by atoms with E-state index in [1.54, 1.807) is 13.0 Å². The third-order valence-corrected chi connectivity index (χ3v) is 2.09. The van der Waals surface area contributed by atoms with Gasteiger partial charge in [0.05, 0.1) is 24.4 Å². The number of esters is 1. The molecule has 6 heteroatoms. The first kappa shape index (κ1) is 10.4. The maximum Gasteiger partial charge on any atom is 0.339 e. The number of pyridine rings is 1. The summed E-state index contributed by atoms with van der Waals surface area (Å²) in [6, 6.07) is 1.55. The summed E-state index contributed by atoms with van der Waals surface area (Å²) in [6.45, 7) is 2.23. The van der Waals surface area contributed by atoms with Crippen molar-refractivity contribution in [3.8, 4) is 0 Å². The fourth-order valence-corrected chi connectivity index (χ4v) is 1.39. The Hall–Kier alpha value is -2.11. The molecule has 0 unspecified atom stereocenters. The molecule has 16 heavy (non-hydrogen) atoms. The molecule has 2 N–H and O–H groups in total. The Balaban J connectivity index is 2.27. The van der Waals surface area contributed by atoms with Gasteiger partial charge in [-0.15, -0.1) is 0 Å². The molecule has 6 nitrogen and oxygen atoms in total. The maximum absolute atomic E-state index is 11.4. The molecule has 84 valence electrons. The molecular formula is C10H11N3O3. The van der Waals surface area contributed by atoms with Crippen LogP contribution in [0.25, 0.3) is 0 Å². The predicted molar refractivity (Wildman–Crippen MR) is 57.3 cm³/mol. The van der Waals surface area contributed by atoms with E-state index in [4.69, 9.17) is 4.74 Å². The average Bonchev–Trinajstić information content (AvgIpc) is 2.28. The SMILES string of the molecule is CCOC(=O)c1cnc2c(c1)NC(=O)CN2. The van der Waals surface area contributed by atoms with Gasteiger partial charge in [0.15, 0.2) is 0 Å². The van der Waals surface area contributed by atoms with E-state index in [1.165, 1.54) is 6.20 Å². The van der Waals surface area contributed by atoms with E-state index >= 15 is 0 Å². The Morgan fingerprint density at radius 1 is 1.62 bits per heavy atom. The fraction of sp³-hybridized carbons (Fsp3) is 0.300. The summed E-state index contributed by atoms with van der Waals surface area (Å²) in [5.74, 6) is -0.0411. The highest BCUT2D eigenvalue weighted by Crippen LogP contribution is 2.23. The van der Waals surface area contributed by atoms with Crippen LogP contribution in [0.2, 0.25) is 0 Å². The van der Waals surface area contributed by atoms with E-state index < -0.39 is 5.97 Å². The molecule has 1 aromatic rings. The van der Waals surface area contributed by atoms with Crippen molar-refractivity contribution in [1.82, 2.24) is 4.98 Å². The van der Waals surface area contributed by atoms with Crippen LogP contribution >= 0.6 is 0 Å². The largest absolute Gasteiger partial charge is 0.462 e. The Bertz CT molecular complexity index is 445. The van der Waals surface area contributed by atoms with Crippen LogP contribution in [-0.2, 0) is 9.53 Å². The minimum atomic E-state index is -0.447. The Labute approximate surface area is 92.0 Å². The van der Waals surface area contributed by atoms with Gasteiger partial charge in [0.25, 0.3) is 0 Å². The zero-order valence-electron chi connectivity index (χ0n) is 8.74. The van der Waals surface area contributed by atoms with Crippen LogP contribution in [0.4, 0.5) is 11.5 Å². The van der Waals surface area contributed by atoms with Gasteiger partial charge >= 0.3 is 5.97 Å². The van der Waals surface area contributed by atoms with Gasteiger partial charge in [-0.05, 0) is 13.0 Å². The third-order valence-electron chi connectivity index (χ3n) is 2.09. The van der Waals surface area contributed by atoms with Crippen LogP contribution in [0.15, 0.2) is 12.3 Å². The van der Waals surface area contributed by atoms with Crippen LogP contribution in [0, 0.1) is 0 Å². The van der Waals surface area contributed by atoms with Gasteiger partial charge in [0.1, 0.15) is 5.82 Å². The van der Waals surface area contributed by atoms with Crippen molar-refractivity contribution in [3.63, 3.8) is 0 Å². The first-order valence-corrected chi connectivity index (χ1v) is 4.91. The first-order chi connectivity index (χ1) is 7.70. The molecule has 0 spiro atoms. The van der Waals surface area contributed by atoms with Crippen LogP contribution in [0.1, 0.15) is 17.3 Å². The monoisotopic (exact) mass is 221 g/mol. The number of carbonyl (C=O) groups excluding carboxylic acids is 2. The number of carbonyl (C=O) groups is 2. The number of anilines is 2. The van der Waals surface area contributed by atoms with Gasteiger partial charge < -0.3 is 15.4 Å². The second-order valence-electron chi connectivity index (χ2n) is 3.24. The van der Waals surface area contributed by atoms with E-state index in [0.717, 1.165) is 0 Å². The second kappa shape index (κ2) is 4.18. The normalized spacial score (nSPS) is 13.4. The number of hydrogen-bond donors (Lipinski definition) is 2. The molecular weight excluding hydrogens is 210 g/mol. The van der Waals surface area contributed by atoms with E-state index in [2.05, 4.69) is 15.6 Å². The third kappa shape index (κ3) is 1.95. The number of ether oxygens (including phenoxy) is 1. The summed E-state index contributed by atoms with van der Waals surface area (Å²) in [5, 5.41) is 5.46. The molecule has 0 aromatic carbocycles. The van der Waals surface area contributed by atoms with Crippen LogP contribution in [-0.4, -0.2) is 30.0 Å². The number of amides is 1. The van der Waals surface area contributed by atoms with Gasteiger partial charge in [-0.2, -0.15) is 0 Å². The van der Waals surface area contributed by atoms with E-state index in [1.807, 2.05) is 0 Å². The van der Waals surface area contributed by atoms with Crippen molar-refractivity contribution >= 4 is 23.4 Å². The summed E-state index contributed by atoms with van der Waals surface area (Å²) >= 11 is 0. The molecule has 0 fully saturated rings. The van der Waals surface area contributed by atoms with Crippen LogP contribution in [0.3, 0.4) is 0 Å². The molecule has 1 aliphatic heterocycles. The van der Waals surface area contributed by atoms with Crippen molar-refractivity contribution in [3.05, 3.63) is 17.8 Å². The number of nitrogens with zero attached hydrogens (tertiary/aromatic N) is 1. The molecule has 0 atom stereocenters. The molecule has 1 aromatic heterocycles. The Morgan fingerprint density at radius 3 is 3.19 bits per heavy atom. The number of hydrogen-bond acceptors (Lipinski definition) is 5. The van der Waals surface area contributed by atoms with Crippen molar-refractivity contribution in [1.29, 1.82) is 0 Å². The van der Waals surface area contributed by atoms with Gasteiger partial charge in [-0.3, -0.25) is 4.79 Å². The standard InChI is InChI=1S/C10H11N3O3/c1-2-16-10(15)6-3-7-9(11-4-6)12-5-8(14)13-7/h3-4H,2,5H2,1H3,(H,11,12)(H,13,14). The molecule has 2 rings (SSSR count). The lowest BCUT2D eigenvalue weighted by Crippen LogP contribution is -2.28. The Morgan fingerprint density at radius 2 is 2.44 bits per heavy atom. The minimum Gasteiger partial charge on any atom is -0.462 e. The lowest BCUT2D eigenvalue weighted by Gasteiger charge is -2.17. The molecule has 0 aliphatic carbocycles. The zero-order valence-corrected chi connectivity index (χ0v) is 8.74. The lowest BCUT2D eigenvalue weighted by molar-refractivity contribution is -0.114. The highest BCUT2D eigenvalue weighted by Gasteiger charge is 2.17. The summed E-state index contributed by atoms with van der Waals surface area (Å²) in [4.78, 5) is 26.6. The number of nitrogens with one attached hydrogen (secondary N) is 2. The average molecular weight is 221 g/mol. The maximum atomic E-state index is 11.4. The quantitative estimate of drug-likeness (QED) is 0.716. The highest BCUT2D eigenvalue weighted by atomic mass is 16.5. The Kier molecular flexibility index (Phi) is 2.72. The summed E-state index contributed by atoms with van der Waals surface area (Å²) in [5.41, 5.74) is 0.825. The number of rotatable bonds is 2. The smallest absolute Gasteiger partial charge is 0.339 e. The predicted octanol–water partition coefficient (Wildman–Crippen LogP) is 0.622. The van der Waals surface area contributed by atoms with Gasteiger partial charge in [-0.1, -0.05) is 0 Å². The van der Waals surface area contributed by atoms with E-state index in [9.17, 15) is 9.59 Å². The van der Waals surface area contributed by atoms with Gasteiger partial charge in [0, 0.05) is 6.20 Å². The highest BCUT2D eigenvalue weighted by molar-refractivity contribution is 6.01. The van der Waals surface area contributed by atoms with Gasteiger partial charge in [0.2, 0.25) is 5.91 Å². The fourth-order valence-electron chi connectivity index (χ4n) is 1.39. The summed E-state index contributed by atoms with van der Waals surface area (Å²) in [7, 11) is 0. The van der Waals surface area contributed by atoms with E-state index in [-0.39, 0.29) is 12.5 Å². The lowest BCUT2D eigenvalue weighted by atomic mass is 10.2. The molecule has 0 saturated heterocycles. The van der Waals surface area contributed by atoms with Gasteiger partial charge in [-0.25, -0.2) is 9.78 Å². The van der Waals surface area contributed by atoms with Crippen LogP contribution < -0.4 is 10.6 Å². The molecule has 1 amide bonds. The minimum absolute atomic E-state index is 0.157. The molecule has 0 radical (unpaired) electrons. The van der Waals surface area contributed by atoms with E-state index in [0.29, 0.717) is 23.7 Å². The van der Waals surface area contributed by atoms with Crippen molar-refractivity contribution in [2.45, 2.75) is 6.92 Å². The van der Waals surface area contributed by atoms with Crippen molar-refractivity contribution in [2.24, 2.45) is 0 Å². The van der Waals surface area contributed by atoms with Crippen molar-refractivity contribution < 1.29 is 14.3 Å². The zero-order chi connectivity index (χ0) is 11.5. The topological polar surface area (TPSA) is 80.3 Å². The second-order valence-corrected chi connectivity index (χ2v) is 3.24.